The van der Waals surface area contributed by atoms with Crippen molar-refractivity contribution in [3.63, 3.8) is 0 Å². The van der Waals surface area contributed by atoms with E-state index in [4.69, 9.17) is 39.5 Å². The van der Waals surface area contributed by atoms with Crippen LogP contribution >= 0.6 is 34.8 Å². The van der Waals surface area contributed by atoms with Gasteiger partial charge in [0, 0.05) is 41.7 Å². The zero-order valence-electron chi connectivity index (χ0n) is 16.6. The molecule has 0 fully saturated rings. The second-order valence-electron chi connectivity index (χ2n) is 7.82. The Morgan fingerprint density at radius 1 is 1.17 bits per heavy atom. The van der Waals surface area contributed by atoms with E-state index in [0.29, 0.717) is 48.3 Å². The van der Waals surface area contributed by atoms with Gasteiger partial charge in [-0.25, -0.2) is 14.8 Å². The maximum atomic E-state index is 12.4. The van der Waals surface area contributed by atoms with Crippen molar-refractivity contribution < 1.29 is 9.53 Å². The molecule has 0 saturated heterocycles. The Kier molecular flexibility index (Phi) is 6.76. The number of nitrogens with zero attached hydrogens (tertiary/aromatic N) is 3. The average Bonchev–Trinajstić information content (AvgIpc) is 2.82. The molecule has 6 nitrogen and oxygen atoms in total. The first-order valence-corrected chi connectivity index (χ1v) is 10.5. The van der Waals surface area contributed by atoms with Gasteiger partial charge in [0.1, 0.15) is 11.4 Å². The van der Waals surface area contributed by atoms with Crippen molar-refractivity contribution in [3.8, 4) is 0 Å². The number of hydrogen-bond acceptors (Lipinski definition) is 5. The molecular weight excluding hydrogens is 435 g/mol. The van der Waals surface area contributed by atoms with Crippen LogP contribution in [-0.4, -0.2) is 39.7 Å². The summed E-state index contributed by atoms with van der Waals surface area (Å²) >= 11 is 18.4. The van der Waals surface area contributed by atoms with Crippen molar-refractivity contribution in [1.29, 1.82) is 0 Å². The summed E-state index contributed by atoms with van der Waals surface area (Å²) in [7, 11) is 0. The van der Waals surface area contributed by atoms with Crippen molar-refractivity contribution in [2.24, 2.45) is 0 Å². The topological polar surface area (TPSA) is 67.3 Å². The lowest BCUT2D eigenvalue weighted by Crippen LogP contribution is -2.38. The lowest BCUT2D eigenvalue weighted by molar-refractivity contribution is 0.0258. The second-order valence-corrected chi connectivity index (χ2v) is 9.00. The van der Waals surface area contributed by atoms with Crippen LogP contribution in [0.5, 0.6) is 0 Å². The summed E-state index contributed by atoms with van der Waals surface area (Å²) in [5, 5.41) is 4.63. The fourth-order valence-electron chi connectivity index (χ4n) is 3.07. The third-order valence-corrected chi connectivity index (χ3v) is 5.18. The molecule has 3 rings (SSSR count). The molecule has 29 heavy (non-hydrogen) atoms. The van der Waals surface area contributed by atoms with Crippen LogP contribution in [0.15, 0.2) is 18.2 Å². The first-order chi connectivity index (χ1) is 13.6. The number of benzene rings is 1. The molecule has 1 aromatic carbocycles. The van der Waals surface area contributed by atoms with Crippen LogP contribution in [0.3, 0.4) is 0 Å². The molecular formula is C20H23Cl3N4O2. The third-order valence-electron chi connectivity index (χ3n) is 4.43. The van der Waals surface area contributed by atoms with Gasteiger partial charge in [-0.2, -0.15) is 0 Å². The molecule has 156 valence electrons. The molecule has 0 aliphatic carbocycles. The van der Waals surface area contributed by atoms with Gasteiger partial charge in [0.05, 0.1) is 5.69 Å². The van der Waals surface area contributed by atoms with Gasteiger partial charge < -0.3 is 15.0 Å². The minimum atomic E-state index is -0.538. The van der Waals surface area contributed by atoms with Gasteiger partial charge in [-0.05, 0) is 56.5 Å². The van der Waals surface area contributed by atoms with E-state index in [1.807, 2.05) is 26.8 Å². The number of carbonyl (C=O) groups excluding carboxylic acids is 1. The van der Waals surface area contributed by atoms with Crippen molar-refractivity contribution in [1.82, 2.24) is 14.9 Å². The van der Waals surface area contributed by atoms with Crippen LogP contribution in [0.1, 0.15) is 37.6 Å². The van der Waals surface area contributed by atoms with Gasteiger partial charge in [-0.3, -0.25) is 0 Å². The van der Waals surface area contributed by atoms with Gasteiger partial charge in [-0.15, -0.1) is 0 Å². The summed E-state index contributed by atoms with van der Waals surface area (Å²) in [5.74, 6) is 0.650. The molecule has 0 radical (unpaired) electrons. The largest absolute Gasteiger partial charge is 0.444 e. The van der Waals surface area contributed by atoms with Crippen molar-refractivity contribution in [3.05, 3.63) is 50.3 Å². The first kappa shape index (κ1) is 21.9. The molecule has 2 heterocycles. The molecule has 1 aliphatic heterocycles. The lowest BCUT2D eigenvalue weighted by atomic mass is 10.1. The minimum absolute atomic E-state index is 0.166. The number of rotatable bonds is 3. The Morgan fingerprint density at radius 3 is 2.59 bits per heavy atom. The SMILES string of the molecule is CC(C)(C)OC(=O)N1CCc2nc(Cl)nc(NCc3ccc(Cl)cc3Cl)c2CC1. The van der Waals surface area contributed by atoms with E-state index in [0.717, 1.165) is 16.8 Å². The number of nitrogens with one attached hydrogen (secondary N) is 1. The van der Waals surface area contributed by atoms with Gasteiger partial charge >= 0.3 is 6.09 Å². The first-order valence-electron chi connectivity index (χ1n) is 9.33. The van der Waals surface area contributed by atoms with E-state index >= 15 is 0 Å². The highest BCUT2D eigenvalue weighted by Gasteiger charge is 2.26. The molecule has 1 aromatic heterocycles. The molecule has 0 bridgehead atoms. The summed E-state index contributed by atoms with van der Waals surface area (Å²) in [5.41, 5.74) is 2.14. The van der Waals surface area contributed by atoms with Gasteiger partial charge in [0.25, 0.3) is 0 Å². The van der Waals surface area contributed by atoms with Crippen LogP contribution in [0.2, 0.25) is 15.3 Å². The Bertz CT molecular complexity index is 915. The minimum Gasteiger partial charge on any atom is -0.444 e. The number of aromatic nitrogens is 2. The Morgan fingerprint density at radius 2 is 1.90 bits per heavy atom. The third kappa shape index (κ3) is 5.87. The summed E-state index contributed by atoms with van der Waals surface area (Å²) in [6, 6.07) is 5.35. The van der Waals surface area contributed by atoms with Gasteiger partial charge in [0.2, 0.25) is 5.28 Å². The molecule has 0 spiro atoms. The van der Waals surface area contributed by atoms with E-state index in [2.05, 4.69) is 15.3 Å². The predicted molar refractivity (Wildman–Crippen MR) is 116 cm³/mol. The van der Waals surface area contributed by atoms with Crippen molar-refractivity contribution in [2.45, 2.75) is 45.8 Å². The maximum absolute atomic E-state index is 12.4. The Hall–Kier alpha value is -1.76. The molecule has 0 atom stereocenters. The lowest BCUT2D eigenvalue weighted by Gasteiger charge is -2.26. The number of hydrogen-bond donors (Lipinski definition) is 1. The second kappa shape index (κ2) is 8.94. The van der Waals surface area contributed by atoms with E-state index in [1.54, 1.807) is 17.0 Å². The molecule has 1 amide bonds. The summed E-state index contributed by atoms with van der Waals surface area (Å²) in [4.78, 5) is 22.9. The van der Waals surface area contributed by atoms with E-state index in [1.165, 1.54) is 0 Å². The fourth-order valence-corrected chi connectivity index (χ4v) is 3.73. The number of ether oxygens (including phenoxy) is 1. The number of anilines is 1. The number of fused-ring (bicyclic) bond motifs is 1. The number of halogens is 3. The highest BCUT2D eigenvalue weighted by molar-refractivity contribution is 6.35. The quantitative estimate of drug-likeness (QED) is 0.626. The Balaban J connectivity index is 1.76. The zero-order valence-corrected chi connectivity index (χ0v) is 18.8. The summed E-state index contributed by atoms with van der Waals surface area (Å²) in [6.45, 7) is 7.05. The van der Waals surface area contributed by atoms with Crippen LogP contribution in [0, 0.1) is 0 Å². The maximum Gasteiger partial charge on any atom is 0.410 e. The smallest absolute Gasteiger partial charge is 0.410 e. The monoisotopic (exact) mass is 456 g/mol. The summed E-state index contributed by atoms with van der Waals surface area (Å²) < 4.78 is 5.50. The Labute approximate surface area is 185 Å². The fraction of sp³-hybridized carbons (Fsp3) is 0.450. The highest BCUT2D eigenvalue weighted by atomic mass is 35.5. The van der Waals surface area contributed by atoms with E-state index in [-0.39, 0.29) is 11.4 Å². The molecule has 2 aromatic rings. The molecule has 9 heteroatoms. The molecule has 0 unspecified atom stereocenters. The van der Waals surface area contributed by atoms with Crippen LogP contribution < -0.4 is 5.32 Å². The van der Waals surface area contributed by atoms with E-state index < -0.39 is 5.60 Å². The highest BCUT2D eigenvalue weighted by Crippen LogP contribution is 2.26. The van der Waals surface area contributed by atoms with Crippen molar-refractivity contribution >= 4 is 46.7 Å². The van der Waals surface area contributed by atoms with E-state index in [9.17, 15) is 4.79 Å². The molecule has 0 saturated carbocycles. The number of carbonyl (C=O) groups is 1. The predicted octanol–water partition coefficient (Wildman–Crippen LogP) is 5.38. The van der Waals surface area contributed by atoms with Gasteiger partial charge in [0.15, 0.2) is 0 Å². The van der Waals surface area contributed by atoms with Crippen LogP contribution in [0.25, 0.3) is 0 Å². The van der Waals surface area contributed by atoms with Gasteiger partial charge in [-0.1, -0.05) is 29.3 Å². The molecule has 1 N–H and O–H groups in total. The van der Waals surface area contributed by atoms with Crippen LogP contribution in [-0.2, 0) is 24.1 Å². The van der Waals surface area contributed by atoms with Crippen molar-refractivity contribution in [2.75, 3.05) is 18.4 Å². The summed E-state index contributed by atoms with van der Waals surface area (Å²) in [6.07, 6.45) is 0.849. The standard InChI is InChI=1S/C20H23Cl3N4O2/c1-20(2,3)29-19(28)27-8-6-14-16(7-9-27)25-18(23)26-17(14)24-11-12-4-5-13(21)10-15(12)22/h4-5,10H,6-9,11H2,1-3H3,(H,24,25,26). The zero-order chi connectivity index (χ0) is 21.2. The number of amides is 1. The normalized spacial score (nSPS) is 14.2. The molecule has 1 aliphatic rings. The van der Waals surface area contributed by atoms with Crippen LogP contribution in [0.4, 0.5) is 10.6 Å². The average molecular weight is 458 g/mol.